The van der Waals surface area contributed by atoms with Gasteiger partial charge in [-0.15, -0.1) is 0 Å². The summed E-state index contributed by atoms with van der Waals surface area (Å²) >= 11 is 0. The summed E-state index contributed by atoms with van der Waals surface area (Å²) in [5.41, 5.74) is 0.588. The first-order chi connectivity index (χ1) is 10.0. The van der Waals surface area contributed by atoms with Crippen LogP contribution in [0.5, 0.6) is 0 Å². The molecule has 0 spiro atoms. The van der Waals surface area contributed by atoms with Crippen LogP contribution in [0.1, 0.15) is 11.1 Å². The molecule has 0 saturated heterocycles. The van der Waals surface area contributed by atoms with E-state index in [-0.39, 0.29) is 12.1 Å². The lowest BCUT2D eigenvalue weighted by Crippen LogP contribution is -2.21. The van der Waals surface area contributed by atoms with E-state index in [9.17, 15) is 18.0 Å². The molecule has 0 radical (unpaired) electrons. The number of hydrogen-bond donors (Lipinski definition) is 1. The maximum Gasteiger partial charge on any atom is 0.244 e. The lowest BCUT2D eigenvalue weighted by Gasteiger charge is -2.04. The lowest BCUT2D eigenvalue weighted by molar-refractivity contribution is -0.116. The van der Waals surface area contributed by atoms with Crippen molar-refractivity contribution in [2.75, 3.05) is 0 Å². The first-order valence-corrected chi connectivity index (χ1v) is 6.20. The van der Waals surface area contributed by atoms with Gasteiger partial charge in [0.2, 0.25) is 5.91 Å². The predicted molar refractivity (Wildman–Crippen MR) is 73.6 cm³/mol. The Morgan fingerprint density at radius 2 is 1.81 bits per heavy atom. The van der Waals surface area contributed by atoms with Gasteiger partial charge in [0.25, 0.3) is 0 Å². The van der Waals surface area contributed by atoms with Crippen molar-refractivity contribution in [1.82, 2.24) is 5.32 Å². The Labute approximate surface area is 119 Å². The fourth-order valence-corrected chi connectivity index (χ4v) is 1.70. The van der Waals surface area contributed by atoms with Gasteiger partial charge in [-0.2, -0.15) is 0 Å². The molecule has 5 heteroatoms. The molecule has 0 fully saturated rings. The molecule has 2 rings (SSSR count). The van der Waals surface area contributed by atoms with Crippen molar-refractivity contribution in [1.29, 1.82) is 0 Å². The number of amides is 1. The SMILES string of the molecule is O=C(/C=C/c1cccc(F)c1)NCc1cc(F)ccc1F. The third kappa shape index (κ3) is 4.49. The van der Waals surface area contributed by atoms with Gasteiger partial charge in [0, 0.05) is 18.2 Å². The molecule has 0 aliphatic rings. The highest BCUT2D eigenvalue weighted by Crippen LogP contribution is 2.09. The van der Waals surface area contributed by atoms with Crippen LogP contribution in [0.25, 0.3) is 6.08 Å². The van der Waals surface area contributed by atoms with Gasteiger partial charge in [0.05, 0.1) is 0 Å². The molecule has 1 amide bonds. The summed E-state index contributed by atoms with van der Waals surface area (Å²) in [4.78, 5) is 11.6. The molecular formula is C16H12F3NO. The van der Waals surface area contributed by atoms with Crippen molar-refractivity contribution in [3.63, 3.8) is 0 Å². The topological polar surface area (TPSA) is 29.1 Å². The van der Waals surface area contributed by atoms with E-state index in [1.165, 1.54) is 30.4 Å². The molecule has 0 unspecified atom stereocenters. The van der Waals surface area contributed by atoms with Crippen LogP contribution < -0.4 is 5.32 Å². The molecule has 0 heterocycles. The van der Waals surface area contributed by atoms with E-state index in [1.54, 1.807) is 6.07 Å². The molecule has 0 aliphatic carbocycles. The Hall–Kier alpha value is -2.56. The molecule has 2 aromatic rings. The van der Waals surface area contributed by atoms with Crippen LogP contribution in [0.2, 0.25) is 0 Å². The third-order valence-electron chi connectivity index (χ3n) is 2.74. The van der Waals surface area contributed by atoms with Crippen molar-refractivity contribution in [2.45, 2.75) is 6.54 Å². The maximum absolute atomic E-state index is 13.3. The zero-order valence-electron chi connectivity index (χ0n) is 10.9. The molecule has 0 bridgehead atoms. The summed E-state index contributed by atoms with van der Waals surface area (Å²) in [6.45, 7) is -0.129. The second-order valence-electron chi connectivity index (χ2n) is 4.34. The highest BCUT2D eigenvalue weighted by atomic mass is 19.1. The van der Waals surface area contributed by atoms with Gasteiger partial charge in [0.1, 0.15) is 17.5 Å². The van der Waals surface area contributed by atoms with Crippen molar-refractivity contribution < 1.29 is 18.0 Å². The molecule has 21 heavy (non-hydrogen) atoms. The summed E-state index contributed by atoms with van der Waals surface area (Å²) in [5, 5.41) is 2.43. The third-order valence-corrected chi connectivity index (χ3v) is 2.74. The Morgan fingerprint density at radius 1 is 1.05 bits per heavy atom. The molecule has 0 atom stereocenters. The largest absolute Gasteiger partial charge is 0.348 e. The summed E-state index contributed by atoms with van der Waals surface area (Å²) in [6, 6.07) is 8.75. The van der Waals surface area contributed by atoms with Crippen LogP contribution in [0, 0.1) is 17.5 Å². The van der Waals surface area contributed by atoms with Crippen molar-refractivity contribution >= 4 is 12.0 Å². The average Bonchev–Trinajstić information content (AvgIpc) is 2.46. The molecule has 108 valence electrons. The van der Waals surface area contributed by atoms with Crippen LogP contribution in [-0.4, -0.2) is 5.91 Å². The number of halogens is 3. The maximum atomic E-state index is 13.3. The number of rotatable bonds is 4. The van der Waals surface area contributed by atoms with Crippen LogP contribution in [0.15, 0.2) is 48.5 Å². The van der Waals surface area contributed by atoms with Gasteiger partial charge >= 0.3 is 0 Å². The number of hydrogen-bond acceptors (Lipinski definition) is 1. The van der Waals surface area contributed by atoms with Gasteiger partial charge < -0.3 is 5.32 Å². The van der Waals surface area contributed by atoms with Crippen molar-refractivity contribution in [2.24, 2.45) is 0 Å². The first-order valence-electron chi connectivity index (χ1n) is 6.20. The fraction of sp³-hybridized carbons (Fsp3) is 0.0625. The Morgan fingerprint density at radius 3 is 2.57 bits per heavy atom. The van der Waals surface area contributed by atoms with E-state index in [4.69, 9.17) is 0 Å². The van der Waals surface area contributed by atoms with Crippen LogP contribution >= 0.6 is 0 Å². The highest BCUT2D eigenvalue weighted by molar-refractivity contribution is 5.91. The molecule has 2 aromatic carbocycles. The van der Waals surface area contributed by atoms with Crippen LogP contribution in [0.3, 0.4) is 0 Å². The van der Waals surface area contributed by atoms with E-state index in [1.807, 2.05) is 0 Å². The van der Waals surface area contributed by atoms with Crippen LogP contribution in [-0.2, 0) is 11.3 Å². The Balaban J connectivity index is 1.94. The van der Waals surface area contributed by atoms with E-state index >= 15 is 0 Å². The van der Waals surface area contributed by atoms with Gasteiger partial charge in [-0.1, -0.05) is 12.1 Å². The second kappa shape index (κ2) is 6.74. The number of nitrogens with one attached hydrogen (secondary N) is 1. The van der Waals surface area contributed by atoms with Crippen LogP contribution in [0.4, 0.5) is 13.2 Å². The van der Waals surface area contributed by atoms with E-state index < -0.39 is 23.4 Å². The number of carbonyl (C=O) groups is 1. The van der Waals surface area contributed by atoms with Crippen molar-refractivity contribution in [3.05, 3.63) is 77.1 Å². The minimum absolute atomic E-state index is 0.0579. The number of carbonyl (C=O) groups excluding carboxylic acids is 1. The lowest BCUT2D eigenvalue weighted by atomic mass is 10.2. The zero-order chi connectivity index (χ0) is 15.2. The summed E-state index contributed by atoms with van der Waals surface area (Å²) < 4.78 is 39.2. The summed E-state index contributed by atoms with van der Waals surface area (Å²) in [5.74, 6) is -2.05. The molecule has 2 nitrogen and oxygen atoms in total. The molecule has 0 aliphatic heterocycles. The normalized spacial score (nSPS) is 10.8. The zero-order valence-corrected chi connectivity index (χ0v) is 10.9. The Kier molecular flexibility index (Phi) is 4.77. The summed E-state index contributed by atoms with van der Waals surface area (Å²) in [6.07, 6.45) is 2.63. The monoisotopic (exact) mass is 291 g/mol. The average molecular weight is 291 g/mol. The minimum atomic E-state index is -0.592. The standard InChI is InChI=1S/C16H12F3NO/c17-13-3-1-2-11(8-13)4-7-16(21)20-10-12-9-14(18)5-6-15(12)19/h1-9H,10H2,(H,20,21)/b7-4+. The van der Waals surface area contributed by atoms with Gasteiger partial charge in [-0.3, -0.25) is 4.79 Å². The number of benzene rings is 2. The van der Waals surface area contributed by atoms with E-state index in [0.29, 0.717) is 5.56 Å². The molecule has 0 aromatic heterocycles. The quantitative estimate of drug-likeness (QED) is 0.859. The Bertz CT molecular complexity index is 683. The fourth-order valence-electron chi connectivity index (χ4n) is 1.70. The molecule has 0 saturated carbocycles. The van der Waals surface area contributed by atoms with Crippen molar-refractivity contribution in [3.8, 4) is 0 Å². The van der Waals surface area contributed by atoms with Gasteiger partial charge in [-0.05, 0) is 42.0 Å². The first kappa shape index (κ1) is 14.8. The van der Waals surface area contributed by atoms with Gasteiger partial charge in [0.15, 0.2) is 0 Å². The predicted octanol–water partition coefficient (Wildman–Crippen LogP) is 3.43. The summed E-state index contributed by atoms with van der Waals surface area (Å²) in [7, 11) is 0. The smallest absolute Gasteiger partial charge is 0.244 e. The minimum Gasteiger partial charge on any atom is -0.348 e. The van der Waals surface area contributed by atoms with Gasteiger partial charge in [-0.25, -0.2) is 13.2 Å². The van der Waals surface area contributed by atoms with E-state index in [0.717, 1.165) is 18.2 Å². The highest BCUT2D eigenvalue weighted by Gasteiger charge is 2.04. The van der Waals surface area contributed by atoms with E-state index in [2.05, 4.69) is 5.32 Å². The molecule has 1 N–H and O–H groups in total. The molecular weight excluding hydrogens is 279 g/mol. The second-order valence-corrected chi connectivity index (χ2v) is 4.34.